The number of rotatable bonds is 5. The normalized spacial score (nSPS) is 11.8. The van der Waals surface area contributed by atoms with Gasteiger partial charge in [-0.05, 0) is 37.6 Å². The zero-order chi connectivity index (χ0) is 18.5. The first-order valence-electron chi connectivity index (χ1n) is 8.74. The number of benzene rings is 3. The largest absolute Gasteiger partial charge is 0.508 e. The van der Waals surface area contributed by atoms with E-state index >= 15 is 0 Å². The number of aromatic hydroxyl groups is 1. The Balaban J connectivity index is 1.87. The van der Waals surface area contributed by atoms with Crippen LogP contribution in [0.15, 0.2) is 72.8 Å². The highest BCUT2D eigenvalue weighted by Gasteiger charge is 2.21. The summed E-state index contributed by atoms with van der Waals surface area (Å²) < 4.78 is 0. The number of aryl methyl sites for hydroxylation is 2. The van der Waals surface area contributed by atoms with Gasteiger partial charge in [-0.15, -0.1) is 0 Å². The minimum Gasteiger partial charge on any atom is -0.508 e. The molecule has 0 saturated heterocycles. The summed E-state index contributed by atoms with van der Waals surface area (Å²) in [5, 5.41) is 13.3. The van der Waals surface area contributed by atoms with E-state index in [1.54, 1.807) is 6.07 Å². The van der Waals surface area contributed by atoms with Crippen molar-refractivity contribution in [1.82, 2.24) is 0 Å². The van der Waals surface area contributed by atoms with Crippen LogP contribution in [-0.2, 0) is 4.79 Å². The predicted molar refractivity (Wildman–Crippen MR) is 106 cm³/mol. The van der Waals surface area contributed by atoms with Gasteiger partial charge in [0.1, 0.15) is 5.75 Å². The Bertz CT molecular complexity index is 886. The first kappa shape index (κ1) is 17.7. The number of amides is 1. The van der Waals surface area contributed by atoms with E-state index in [4.69, 9.17) is 0 Å². The second-order valence-electron chi connectivity index (χ2n) is 6.64. The molecule has 1 amide bonds. The Kier molecular flexibility index (Phi) is 5.37. The SMILES string of the molecule is Cc1ccc(NC(=O)CC(c2ccccc2)c2cc(C)ccc2O)cc1. The summed E-state index contributed by atoms with van der Waals surface area (Å²) in [6.07, 6.45) is 0.259. The number of hydrogen-bond donors (Lipinski definition) is 2. The highest BCUT2D eigenvalue weighted by molar-refractivity contribution is 5.91. The molecule has 132 valence electrons. The molecule has 0 aliphatic heterocycles. The van der Waals surface area contributed by atoms with E-state index in [1.165, 1.54) is 0 Å². The summed E-state index contributed by atoms with van der Waals surface area (Å²) in [6, 6.07) is 23.1. The maximum atomic E-state index is 12.7. The van der Waals surface area contributed by atoms with Gasteiger partial charge in [-0.3, -0.25) is 4.79 Å². The summed E-state index contributed by atoms with van der Waals surface area (Å²) in [7, 11) is 0. The number of phenolic OH excluding ortho intramolecular Hbond substituents is 1. The van der Waals surface area contributed by atoms with Gasteiger partial charge >= 0.3 is 0 Å². The van der Waals surface area contributed by atoms with Crippen molar-refractivity contribution in [2.75, 3.05) is 5.32 Å². The lowest BCUT2D eigenvalue weighted by Gasteiger charge is -2.19. The van der Waals surface area contributed by atoms with Crippen molar-refractivity contribution in [2.24, 2.45) is 0 Å². The first-order valence-corrected chi connectivity index (χ1v) is 8.74. The van der Waals surface area contributed by atoms with Gasteiger partial charge in [0.2, 0.25) is 5.91 Å². The van der Waals surface area contributed by atoms with Crippen molar-refractivity contribution in [3.05, 3.63) is 95.1 Å². The van der Waals surface area contributed by atoms with E-state index in [-0.39, 0.29) is 24.0 Å². The maximum absolute atomic E-state index is 12.7. The molecule has 0 aromatic heterocycles. The highest BCUT2D eigenvalue weighted by Crippen LogP contribution is 2.34. The fourth-order valence-electron chi connectivity index (χ4n) is 3.08. The Hall–Kier alpha value is -3.07. The summed E-state index contributed by atoms with van der Waals surface area (Å²) in [5.41, 5.74) is 4.76. The number of nitrogens with one attached hydrogen (secondary N) is 1. The topological polar surface area (TPSA) is 49.3 Å². The van der Waals surface area contributed by atoms with Crippen molar-refractivity contribution in [3.63, 3.8) is 0 Å². The molecule has 2 N–H and O–H groups in total. The van der Waals surface area contributed by atoms with Crippen molar-refractivity contribution in [2.45, 2.75) is 26.2 Å². The fourth-order valence-corrected chi connectivity index (χ4v) is 3.08. The van der Waals surface area contributed by atoms with Gasteiger partial charge in [0.15, 0.2) is 0 Å². The second kappa shape index (κ2) is 7.87. The Morgan fingerprint density at radius 3 is 2.27 bits per heavy atom. The lowest BCUT2D eigenvalue weighted by Crippen LogP contribution is -2.16. The molecule has 1 unspecified atom stereocenters. The van der Waals surface area contributed by atoms with Gasteiger partial charge in [-0.2, -0.15) is 0 Å². The van der Waals surface area contributed by atoms with E-state index in [0.717, 1.165) is 27.9 Å². The Morgan fingerprint density at radius 2 is 1.58 bits per heavy atom. The number of hydrogen-bond acceptors (Lipinski definition) is 2. The molecule has 0 aliphatic rings. The van der Waals surface area contributed by atoms with Gasteiger partial charge < -0.3 is 10.4 Å². The molecule has 3 aromatic rings. The van der Waals surface area contributed by atoms with Crippen molar-refractivity contribution in [3.8, 4) is 5.75 Å². The number of carbonyl (C=O) groups excluding carboxylic acids is 1. The van der Waals surface area contributed by atoms with Gasteiger partial charge in [0.05, 0.1) is 0 Å². The smallest absolute Gasteiger partial charge is 0.225 e. The number of phenols is 1. The molecule has 3 heteroatoms. The summed E-state index contributed by atoms with van der Waals surface area (Å²) >= 11 is 0. The summed E-state index contributed by atoms with van der Waals surface area (Å²) in [5.74, 6) is -0.0715. The molecule has 1 atom stereocenters. The van der Waals surface area contributed by atoms with Crippen molar-refractivity contribution >= 4 is 11.6 Å². The third kappa shape index (κ3) is 4.31. The maximum Gasteiger partial charge on any atom is 0.225 e. The van der Waals surface area contributed by atoms with Crippen LogP contribution < -0.4 is 5.32 Å². The second-order valence-corrected chi connectivity index (χ2v) is 6.64. The van der Waals surface area contributed by atoms with Crippen molar-refractivity contribution in [1.29, 1.82) is 0 Å². The van der Waals surface area contributed by atoms with Crippen molar-refractivity contribution < 1.29 is 9.90 Å². The van der Waals surface area contributed by atoms with Gasteiger partial charge in [0.25, 0.3) is 0 Å². The Labute approximate surface area is 154 Å². The monoisotopic (exact) mass is 345 g/mol. The van der Waals surface area contributed by atoms with Gasteiger partial charge in [0, 0.05) is 23.6 Å². The average molecular weight is 345 g/mol. The van der Waals surface area contributed by atoms with Crippen LogP contribution in [-0.4, -0.2) is 11.0 Å². The molecule has 3 nitrogen and oxygen atoms in total. The van der Waals surface area contributed by atoms with Crippen LogP contribution in [0.3, 0.4) is 0 Å². The number of anilines is 1. The van der Waals surface area contributed by atoms with Crippen LogP contribution in [0, 0.1) is 13.8 Å². The zero-order valence-corrected chi connectivity index (χ0v) is 15.1. The quantitative estimate of drug-likeness (QED) is 0.670. The van der Waals surface area contributed by atoms with E-state index < -0.39 is 0 Å². The first-order chi connectivity index (χ1) is 12.5. The van der Waals surface area contributed by atoms with Gasteiger partial charge in [-0.25, -0.2) is 0 Å². The van der Waals surface area contributed by atoms with Crippen LogP contribution in [0.4, 0.5) is 5.69 Å². The lowest BCUT2D eigenvalue weighted by atomic mass is 9.87. The van der Waals surface area contributed by atoms with E-state index in [2.05, 4.69) is 5.32 Å². The molecule has 0 aliphatic carbocycles. The van der Waals surface area contributed by atoms with E-state index in [0.29, 0.717) is 0 Å². The molecular formula is C23H23NO2. The highest BCUT2D eigenvalue weighted by atomic mass is 16.3. The minimum atomic E-state index is -0.207. The Morgan fingerprint density at radius 1 is 0.923 bits per heavy atom. The van der Waals surface area contributed by atoms with Crippen LogP contribution in [0.2, 0.25) is 0 Å². The molecule has 3 rings (SSSR count). The third-order valence-corrected chi connectivity index (χ3v) is 4.49. The molecule has 0 radical (unpaired) electrons. The fraction of sp³-hybridized carbons (Fsp3) is 0.174. The van der Waals surface area contributed by atoms with Crippen LogP contribution in [0.1, 0.15) is 34.6 Å². The van der Waals surface area contributed by atoms with E-state index in [1.807, 2.05) is 80.6 Å². The molecule has 0 fully saturated rings. The lowest BCUT2D eigenvalue weighted by molar-refractivity contribution is -0.116. The third-order valence-electron chi connectivity index (χ3n) is 4.49. The molecule has 0 bridgehead atoms. The van der Waals surface area contributed by atoms with Crippen LogP contribution in [0.25, 0.3) is 0 Å². The van der Waals surface area contributed by atoms with E-state index in [9.17, 15) is 9.90 Å². The average Bonchev–Trinajstić information content (AvgIpc) is 2.64. The van der Waals surface area contributed by atoms with Crippen LogP contribution >= 0.6 is 0 Å². The van der Waals surface area contributed by atoms with Crippen LogP contribution in [0.5, 0.6) is 5.75 Å². The predicted octanol–water partition coefficient (Wildman–Crippen LogP) is 5.17. The molecular weight excluding hydrogens is 322 g/mol. The molecule has 0 spiro atoms. The standard InChI is InChI=1S/C23H23NO2/c1-16-8-11-19(12-9-16)24-23(26)15-20(18-6-4-3-5-7-18)21-14-17(2)10-13-22(21)25/h3-14,20,25H,15H2,1-2H3,(H,24,26). The number of carbonyl (C=O) groups is 1. The molecule has 0 saturated carbocycles. The zero-order valence-electron chi connectivity index (χ0n) is 15.1. The molecule has 0 heterocycles. The molecule has 26 heavy (non-hydrogen) atoms. The molecule has 3 aromatic carbocycles. The summed E-state index contributed by atoms with van der Waals surface area (Å²) in [4.78, 5) is 12.7. The minimum absolute atomic E-state index is 0.0800. The van der Waals surface area contributed by atoms with Gasteiger partial charge in [-0.1, -0.05) is 65.7 Å². The summed E-state index contributed by atoms with van der Waals surface area (Å²) in [6.45, 7) is 3.99.